The maximum Gasteiger partial charge on any atom is 0.326 e. The molecule has 45 heavy (non-hydrogen) atoms. The molecule has 0 heterocycles. The number of carboxylic acids is 1. The molecule has 1 rings (SSSR count). The highest BCUT2D eigenvalue weighted by Gasteiger charge is 2.40. The van der Waals surface area contributed by atoms with Crippen LogP contribution in [0, 0.1) is 5.92 Å². The van der Waals surface area contributed by atoms with Crippen molar-refractivity contribution in [2.24, 2.45) is 11.7 Å². The molecule has 0 bridgehead atoms. The van der Waals surface area contributed by atoms with Crippen molar-refractivity contribution in [2.45, 2.75) is 96.3 Å². The Balaban J connectivity index is 3.54. The molecule has 1 aromatic carbocycles. The predicted molar refractivity (Wildman–Crippen MR) is 165 cm³/mol. The van der Waals surface area contributed by atoms with Gasteiger partial charge in [0.25, 0.3) is 5.91 Å². The van der Waals surface area contributed by atoms with Crippen LogP contribution in [-0.4, -0.2) is 99.7 Å². The van der Waals surface area contributed by atoms with Crippen LogP contribution in [0.3, 0.4) is 0 Å². The summed E-state index contributed by atoms with van der Waals surface area (Å²) in [6.07, 6.45) is 3.66. The number of rotatable bonds is 21. The molecule has 5 amide bonds. The number of aliphatic hydroxyl groups is 2. The first-order valence-electron chi connectivity index (χ1n) is 15.3. The van der Waals surface area contributed by atoms with Crippen LogP contribution in [0.1, 0.15) is 71.3 Å². The van der Waals surface area contributed by atoms with E-state index in [2.05, 4.69) is 16.0 Å². The molecular weight excluding hydrogens is 586 g/mol. The third kappa shape index (κ3) is 13.7. The van der Waals surface area contributed by atoms with Crippen molar-refractivity contribution in [3.8, 4) is 0 Å². The molecule has 1 aromatic rings. The highest BCUT2D eigenvalue weighted by atomic mass is 16.4. The molecule has 8 N–H and O–H groups in total. The number of nitrogens with two attached hydrogens (primary N) is 1. The van der Waals surface area contributed by atoms with Gasteiger partial charge in [-0.1, -0.05) is 76.8 Å². The van der Waals surface area contributed by atoms with Crippen molar-refractivity contribution in [1.82, 2.24) is 20.9 Å². The van der Waals surface area contributed by atoms with Gasteiger partial charge in [-0.15, -0.1) is 0 Å². The van der Waals surface area contributed by atoms with Crippen LogP contribution in [0.2, 0.25) is 0 Å². The second-order valence-corrected chi connectivity index (χ2v) is 11.3. The SMILES string of the molecule is CCCCCCCC(=O)N(C(=O)[C@H](CO)NC(=O)[C@H](CO)NC(=O)CN)[C@@H](Cc1ccccc1)C(=O)N[C@@H](CC(C)C)C(=O)O. The highest BCUT2D eigenvalue weighted by molar-refractivity contribution is 6.04. The topological polar surface area (TPSA) is 228 Å². The van der Waals surface area contributed by atoms with Gasteiger partial charge in [0.15, 0.2) is 0 Å². The fourth-order valence-electron chi connectivity index (χ4n) is 4.62. The summed E-state index contributed by atoms with van der Waals surface area (Å²) in [6, 6.07) is 2.40. The summed E-state index contributed by atoms with van der Waals surface area (Å²) in [6.45, 7) is 3.29. The van der Waals surface area contributed by atoms with E-state index in [9.17, 15) is 44.1 Å². The highest BCUT2D eigenvalue weighted by Crippen LogP contribution is 2.17. The van der Waals surface area contributed by atoms with Gasteiger partial charge in [0.2, 0.25) is 23.6 Å². The fourth-order valence-corrected chi connectivity index (χ4v) is 4.62. The third-order valence-corrected chi connectivity index (χ3v) is 7.03. The minimum Gasteiger partial charge on any atom is -0.480 e. The summed E-state index contributed by atoms with van der Waals surface area (Å²) < 4.78 is 0. The summed E-state index contributed by atoms with van der Waals surface area (Å²) in [5.74, 6) is -5.94. The van der Waals surface area contributed by atoms with Gasteiger partial charge in [0, 0.05) is 12.8 Å². The van der Waals surface area contributed by atoms with E-state index >= 15 is 0 Å². The minimum atomic E-state index is -1.75. The average Bonchev–Trinajstić information content (AvgIpc) is 3.01. The predicted octanol–water partition coefficient (Wildman–Crippen LogP) is -0.158. The van der Waals surface area contributed by atoms with Gasteiger partial charge in [-0.3, -0.25) is 28.9 Å². The second-order valence-electron chi connectivity index (χ2n) is 11.3. The van der Waals surface area contributed by atoms with Gasteiger partial charge in [0.05, 0.1) is 19.8 Å². The third-order valence-electron chi connectivity index (χ3n) is 7.03. The van der Waals surface area contributed by atoms with Crippen molar-refractivity contribution >= 4 is 35.5 Å². The Kier molecular flexibility index (Phi) is 18.2. The van der Waals surface area contributed by atoms with Crippen molar-refractivity contribution < 1.29 is 44.1 Å². The molecule has 14 heteroatoms. The van der Waals surface area contributed by atoms with Crippen molar-refractivity contribution in [3.05, 3.63) is 35.9 Å². The number of hydrogen-bond donors (Lipinski definition) is 7. The quantitative estimate of drug-likeness (QED) is 0.0883. The van der Waals surface area contributed by atoms with Crippen molar-refractivity contribution in [2.75, 3.05) is 19.8 Å². The Labute approximate surface area is 264 Å². The fraction of sp³-hybridized carbons (Fsp3) is 0.613. The molecule has 0 aliphatic carbocycles. The van der Waals surface area contributed by atoms with E-state index in [1.807, 2.05) is 6.92 Å². The molecule has 252 valence electrons. The monoisotopic (exact) mass is 635 g/mol. The molecule has 0 radical (unpaired) electrons. The summed E-state index contributed by atoms with van der Waals surface area (Å²) >= 11 is 0. The van der Waals surface area contributed by atoms with Crippen LogP contribution >= 0.6 is 0 Å². The largest absolute Gasteiger partial charge is 0.480 e. The van der Waals surface area contributed by atoms with Gasteiger partial charge in [-0.05, 0) is 24.3 Å². The van der Waals surface area contributed by atoms with E-state index in [1.165, 1.54) is 0 Å². The number of hydrogen-bond acceptors (Lipinski definition) is 9. The molecule has 0 unspecified atom stereocenters. The van der Waals surface area contributed by atoms with E-state index in [4.69, 9.17) is 5.73 Å². The summed E-state index contributed by atoms with van der Waals surface area (Å²) in [5.41, 5.74) is 5.82. The molecule has 0 aliphatic rings. The van der Waals surface area contributed by atoms with Gasteiger partial charge < -0.3 is 37.0 Å². The molecular formula is C31H49N5O9. The lowest BCUT2D eigenvalue weighted by atomic mass is 9.99. The first-order valence-corrected chi connectivity index (χ1v) is 15.3. The summed E-state index contributed by atoms with van der Waals surface area (Å²) in [4.78, 5) is 78.7. The molecule has 0 spiro atoms. The van der Waals surface area contributed by atoms with E-state index < -0.39 is 79.4 Å². The first kappa shape index (κ1) is 39.1. The van der Waals surface area contributed by atoms with Gasteiger partial charge in [-0.25, -0.2) is 4.79 Å². The Bertz CT molecular complexity index is 1120. The number of unbranched alkanes of at least 4 members (excludes halogenated alkanes) is 4. The number of imide groups is 1. The van der Waals surface area contributed by atoms with Gasteiger partial charge in [0.1, 0.15) is 24.2 Å². The number of carbonyl (C=O) groups excluding carboxylic acids is 5. The average molecular weight is 636 g/mol. The zero-order valence-electron chi connectivity index (χ0n) is 26.4. The number of amides is 5. The lowest BCUT2D eigenvalue weighted by Gasteiger charge is -2.33. The van der Waals surface area contributed by atoms with Gasteiger partial charge >= 0.3 is 5.97 Å². The number of carboxylic acid groups (broad SMARTS) is 1. The molecule has 0 aliphatic heterocycles. The van der Waals surface area contributed by atoms with E-state index in [0.717, 1.165) is 19.3 Å². The Morgan fingerprint density at radius 2 is 1.42 bits per heavy atom. The summed E-state index contributed by atoms with van der Waals surface area (Å²) in [5, 5.41) is 36.4. The Morgan fingerprint density at radius 1 is 0.822 bits per heavy atom. The van der Waals surface area contributed by atoms with Crippen LogP contribution in [0.5, 0.6) is 0 Å². The number of aliphatic carboxylic acids is 1. The molecule has 0 saturated heterocycles. The number of aliphatic hydroxyl groups excluding tert-OH is 2. The molecule has 0 saturated carbocycles. The maximum atomic E-state index is 14.0. The van der Waals surface area contributed by atoms with Crippen LogP contribution in [0.15, 0.2) is 30.3 Å². The lowest BCUT2D eigenvalue weighted by Crippen LogP contribution is -2.62. The van der Waals surface area contributed by atoms with E-state index in [-0.39, 0.29) is 25.2 Å². The molecule has 14 nitrogen and oxygen atoms in total. The molecule has 0 fully saturated rings. The molecule has 0 aromatic heterocycles. The number of nitrogens with zero attached hydrogens (tertiary/aromatic N) is 1. The summed E-state index contributed by atoms with van der Waals surface area (Å²) in [7, 11) is 0. The number of benzene rings is 1. The van der Waals surface area contributed by atoms with Crippen LogP contribution in [0.25, 0.3) is 0 Å². The van der Waals surface area contributed by atoms with Crippen molar-refractivity contribution in [1.29, 1.82) is 0 Å². The van der Waals surface area contributed by atoms with E-state index in [0.29, 0.717) is 23.3 Å². The normalized spacial score (nSPS) is 13.7. The van der Waals surface area contributed by atoms with Crippen LogP contribution in [0.4, 0.5) is 0 Å². The maximum absolute atomic E-state index is 14.0. The standard InChI is InChI=1S/C31H49N5O9/c1-4-5-6-7-11-14-27(40)36(30(43)24(19-38)35-28(41)23(18-37)33-26(39)17-32)25(16-21-12-9-8-10-13-21)29(42)34-22(31(44)45)15-20(2)3/h8-10,12-13,20,22-25,37-38H,4-7,11,14-19,32H2,1-3H3,(H,33,39)(H,34,42)(H,35,41)(H,44,45)/t22-,23-,24-,25-/m0/s1. The number of nitrogens with one attached hydrogen (secondary N) is 3. The minimum absolute atomic E-state index is 0.0881. The first-order chi connectivity index (χ1) is 21.4. The lowest BCUT2D eigenvalue weighted by molar-refractivity contribution is -0.155. The van der Waals surface area contributed by atoms with E-state index in [1.54, 1.807) is 44.2 Å². The second kappa shape index (κ2) is 21.0. The zero-order chi connectivity index (χ0) is 33.9. The Morgan fingerprint density at radius 3 is 1.96 bits per heavy atom. The molecule has 4 atom stereocenters. The number of carbonyl (C=O) groups is 6. The van der Waals surface area contributed by atoms with Gasteiger partial charge in [-0.2, -0.15) is 0 Å². The van der Waals surface area contributed by atoms with Crippen LogP contribution < -0.4 is 21.7 Å². The zero-order valence-corrected chi connectivity index (χ0v) is 26.4. The van der Waals surface area contributed by atoms with Crippen molar-refractivity contribution in [3.63, 3.8) is 0 Å². The Hall–Kier alpha value is -3.88. The van der Waals surface area contributed by atoms with Crippen LogP contribution in [-0.2, 0) is 35.2 Å². The smallest absolute Gasteiger partial charge is 0.326 e.